The van der Waals surface area contributed by atoms with Gasteiger partial charge in [0, 0.05) is 11.7 Å². The Bertz CT molecular complexity index is 557. The molecule has 4 heteroatoms. The number of carbonyl (C=O) groups excluding carboxylic acids is 1. The molecule has 2 rings (SSSR count). The second-order valence-corrected chi connectivity index (χ2v) is 5.60. The number of amides is 1. The van der Waals surface area contributed by atoms with Crippen molar-refractivity contribution in [2.24, 2.45) is 5.84 Å². The van der Waals surface area contributed by atoms with E-state index in [0.29, 0.717) is 0 Å². The first-order chi connectivity index (χ1) is 7.94. The molecule has 0 aliphatic rings. The van der Waals surface area contributed by atoms with Crippen molar-refractivity contribution < 1.29 is 4.79 Å². The van der Waals surface area contributed by atoms with Gasteiger partial charge >= 0.3 is 0 Å². The van der Waals surface area contributed by atoms with Crippen LogP contribution in [0.4, 0.5) is 0 Å². The van der Waals surface area contributed by atoms with Crippen molar-refractivity contribution in [2.45, 2.75) is 19.3 Å². The van der Waals surface area contributed by atoms with Crippen LogP contribution in [-0.4, -0.2) is 18.0 Å². The molecule has 1 amide bonds. The third-order valence-electron chi connectivity index (χ3n) is 3.01. The van der Waals surface area contributed by atoms with E-state index >= 15 is 0 Å². The molecule has 2 aromatic rings. The number of fused-ring (bicyclic) bond motifs is 1. The summed E-state index contributed by atoms with van der Waals surface area (Å²) in [6.07, 6.45) is 0. The van der Waals surface area contributed by atoms with Crippen LogP contribution in [0.5, 0.6) is 0 Å². The molecule has 0 aliphatic heterocycles. The van der Waals surface area contributed by atoms with E-state index in [1.165, 1.54) is 4.70 Å². The van der Waals surface area contributed by atoms with Gasteiger partial charge in [0.15, 0.2) is 0 Å². The largest absolute Gasteiger partial charge is 0.283 e. The van der Waals surface area contributed by atoms with Crippen LogP contribution in [0.1, 0.15) is 19.4 Å². The van der Waals surface area contributed by atoms with Gasteiger partial charge in [-0.2, -0.15) is 0 Å². The highest BCUT2D eigenvalue weighted by Gasteiger charge is 2.33. The van der Waals surface area contributed by atoms with Gasteiger partial charge in [0.1, 0.15) is 0 Å². The molecular weight excluding hydrogens is 232 g/mol. The normalized spacial score (nSPS) is 11.8. The van der Waals surface area contributed by atoms with Crippen LogP contribution >= 0.6 is 11.3 Å². The van der Waals surface area contributed by atoms with Gasteiger partial charge in [-0.25, -0.2) is 5.84 Å². The van der Waals surface area contributed by atoms with Crippen molar-refractivity contribution in [3.8, 4) is 0 Å². The van der Waals surface area contributed by atoms with Crippen LogP contribution in [0, 0.1) is 0 Å². The monoisotopic (exact) mass is 248 g/mol. The average Bonchev–Trinajstić information content (AvgIpc) is 2.72. The zero-order valence-electron chi connectivity index (χ0n) is 10.2. The first-order valence-electron chi connectivity index (χ1n) is 5.44. The number of rotatable bonds is 2. The Kier molecular flexibility index (Phi) is 2.93. The summed E-state index contributed by atoms with van der Waals surface area (Å²) in [5.41, 5.74) is 0.448. The van der Waals surface area contributed by atoms with Gasteiger partial charge < -0.3 is 0 Å². The van der Waals surface area contributed by atoms with Crippen LogP contribution in [0.3, 0.4) is 0 Å². The lowest BCUT2D eigenvalue weighted by molar-refractivity contribution is -0.135. The van der Waals surface area contributed by atoms with Crippen LogP contribution in [0.15, 0.2) is 29.6 Å². The van der Waals surface area contributed by atoms with Crippen LogP contribution in [-0.2, 0) is 10.2 Å². The van der Waals surface area contributed by atoms with Crippen molar-refractivity contribution in [3.05, 3.63) is 35.2 Å². The zero-order chi connectivity index (χ0) is 12.6. The lowest BCUT2D eigenvalue weighted by Gasteiger charge is -2.26. The van der Waals surface area contributed by atoms with E-state index in [9.17, 15) is 4.79 Å². The highest BCUT2D eigenvalue weighted by Crippen LogP contribution is 2.35. The molecule has 1 aromatic heterocycles. The lowest BCUT2D eigenvalue weighted by Crippen LogP contribution is -2.44. The van der Waals surface area contributed by atoms with Crippen molar-refractivity contribution >= 4 is 27.3 Å². The summed E-state index contributed by atoms with van der Waals surface area (Å²) in [7, 11) is 1.58. The second kappa shape index (κ2) is 4.13. The fourth-order valence-electron chi connectivity index (χ4n) is 2.02. The van der Waals surface area contributed by atoms with E-state index in [0.717, 1.165) is 16.0 Å². The molecule has 3 nitrogen and oxygen atoms in total. The number of benzene rings is 1. The zero-order valence-corrected chi connectivity index (χ0v) is 11.0. The van der Waals surface area contributed by atoms with E-state index in [1.54, 1.807) is 18.4 Å². The molecule has 0 atom stereocenters. The van der Waals surface area contributed by atoms with Gasteiger partial charge in [-0.05, 0) is 36.2 Å². The fourth-order valence-corrected chi connectivity index (χ4v) is 3.15. The molecule has 2 N–H and O–H groups in total. The molecule has 1 heterocycles. The summed E-state index contributed by atoms with van der Waals surface area (Å²) in [6.45, 7) is 3.82. The van der Waals surface area contributed by atoms with E-state index in [-0.39, 0.29) is 5.91 Å². The molecule has 1 aromatic carbocycles. The maximum Gasteiger partial charge on any atom is 0.246 e. The SMILES string of the molecule is CN(N)C(=O)C(C)(C)c1csc2ccccc12. The molecule has 0 spiro atoms. The molecule has 0 radical (unpaired) electrons. The van der Waals surface area contributed by atoms with Gasteiger partial charge in [-0.1, -0.05) is 18.2 Å². The number of nitrogens with zero attached hydrogens (tertiary/aromatic N) is 1. The Morgan fingerprint density at radius 1 is 1.35 bits per heavy atom. The summed E-state index contributed by atoms with van der Waals surface area (Å²) >= 11 is 1.66. The van der Waals surface area contributed by atoms with Gasteiger partial charge in [0.05, 0.1) is 5.41 Å². The first-order valence-corrected chi connectivity index (χ1v) is 6.32. The van der Waals surface area contributed by atoms with Crippen molar-refractivity contribution in [3.63, 3.8) is 0 Å². The van der Waals surface area contributed by atoms with Crippen molar-refractivity contribution in [1.82, 2.24) is 5.01 Å². The molecule has 0 fully saturated rings. The molecule has 0 unspecified atom stereocenters. The number of hydrazine groups is 1. The summed E-state index contributed by atoms with van der Waals surface area (Å²) < 4.78 is 1.20. The van der Waals surface area contributed by atoms with Gasteiger partial charge in [0.25, 0.3) is 0 Å². The number of hydrogen-bond donors (Lipinski definition) is 1. The summed E-state index contributed by atoms with van der Waals surface area (Å²) in [5, 5.41) is 4.34. The Labute approximate surface area is 105 Å². The second-order valence-electron chi connectivity index (χ2n) is 4.69. The van der Waals surface area contributed by atoms with E-state index in [4.69, 9.17) is 5.84 Å². The highest BCUT2D eigenvalue weighted by atomic mass is 32.1. The summed E-state index contributed by atoms with van der Waals surface area (Å²) in [4.78, 5) is 12.1. The minimum Gasteiger partial charge on any atom is -0.283 e. The molecule has 0 aliphatic carbocycles. The van der Waals surface area contributed by atoms with Crippen molar-refractivity contribution in [2.75, 3.05) is 7.05 Å². The molecular formula is C13H16N2OS. The Balaban J connectivity index is 2.56. The number of nitrogens with two attached hydrogens (primary N) is 1. The number of carbonyl (C=O) groups is 1. The molecule has 17 heavy (non-hydrogen) atoms. The average molecular weight is 248 g/mol. The smallest absolute Gasteiger partial charge is 0.246 e. The fraction of sp³-hybridized carbons (Fsp3) is 0.308. The Morgan fingerprint density at radius 3 is 2.65 bits per heavy atom. The highest BCUT2D eigenvalue weighted by molar-refractivity contribution is 7.17. The maximum absolute atomic E-state index is 12.1. The summed E-state index contributed by atoms with van der Waals surface area (Å²) in [6, 6.07) is 8.11. The summed E-state index contributed by atoms with van der Waals surface area (Å²) in [5.74, 6) is 5.48. The van der Waals surface area contributed by atoms with Gasteiger partial charge in [-0.3, -0.25) is 9.80 Å². The topological polar surface area (TPSA) is 46.3 Å². The number of thiophene rings is 1. The predicted molar refractivity (Wildman–Crippen MR) is 71.8 cm³/mol. The van der Waals surface area contributed by atoms with Gasteiger partial charge in [0.2, 0.25) is 5.91 Å². The minimum absolute atomic E-state index is 0.0824. The number of hydrogen-bond acceptors (Lipinski definition) is 3. The Morgan fingerprint density at radius 2 is 2.00 bits per heavy atom. The molecule has 0 saturated carbocycles. The third kappa shape index (κ3) is 1.94. The maximum atomic E-state index is 12.1. The quantitative estimate of drug-likeness (QED) is 0.504. The molecule has 90 valence electrons. The standard InChI is InChI=1S/C13H16N2OS/c1-13(2,12(16)15(3)14)10-8-17-11-7-5-4-6-9(10)11/h4-8H,14H2,1-3H3. The van der Waals surface area contributed by atoms with E-state index in [1.807, 2.05) is 37.4 Å². The minimum atomic E-state index is -0.594. The van der Waals surface area contributed by atoms with Crippen LogP contribution in [0.2, 0.25) is 0 Å². The first kappa shape index (κ1) is 12.1. The van der Waals surface area contributed by atoms with Crippen LogP contribution in [0.25, 0.3) is 10.1 Å². The molecule has 0 bridgehead atoms. The van der Waals surface area contributed by atoms with Gasteiger partial charge in [-0.15, -0.1) is 11.3 Å². The van der Waals surface area contributed by atoms with Crippen molar-refractivity contribution in [1.29, 1.82) is 0 Å². The molecule has 0 saturated heterocycles. The van der Waals surface area contributed by atoms with E-state index < -0.39 is 5.41 Å². The Hall–Kier alpha value is -1.39. The lowest BCUT2D eigenvalue weighted by atomic mass is 9.83. The van der Waals surface area contributed by atoms with Crippen LogP contribution < -0.4 is 5.84 Å². The predicted octanol–water partition coefficient (Wildman–Crippen LogP) is 2.51. The van der Waals surface area contributed by atoms with E-state index in [2.05, 4.69) is 6.07 Å². The number of likely N-dealkylation sites (N-methyl/N-ethyl adjacent to an activating group) is 1. The third-order valence-corrected chi connectivity index (χ3v) is 3.97.